The number of aryl methyl sites for hydroxylation is 2. The van der Waals surface area contributed by atoms with Crippen LogP contribution in [0.5, 0.6) is 0 Å². The van der Waals surface area contributed by atoms with Crippen LogP contribution in [0, 0.1) is 13.8 Å². The molecule has 2 rings (SSSR count). The van der Waals surface area contributed by atoms with Crippen molar-refractivity contribution in [2.24, 2.45) is 0 Å². The summed E-state index contributed by atoms with van der Waals surface area (Å²) in [7, 11) is 0. The maximum atomic E-state index is 11.3. The molecule has 104 valence electrons. The van der Waals surface area contributed by atoms with Crippen LogP contribution in [0.2, 0.25) is 0 Å². The summed E-state index contributed by atoms with van der Waals surface area (Å²) < 4.78 is 1.71. The highest BCUT2D eigenvalue weighted by Crippen LogP contribution is 2.23. The maximum Gasteiger partial charge on any atom is 0.339 e. The van der Waals surface area contributed by atoms with Crippen LogP contribution in [0.4, 0.5) is 0 Å². The van der Waals surface area contributed by atoms with Crippen molar-refractivity contribution in [2.75, 3.05) is 0 Å². The van der Waals surface area contributed by atoms with Gasteiger partial charge in [-0.3, -0.25) is 0 Å². The van der Waals surface area contributed by atoms with E-state index < -0.39 is 5.97 Å². The van der Waals surface area contributed by atoms with E-state index in [1.54, 1.807) is 4.68 Å². The minimum atomic E-state index is -0.963. The normalized spacial score (nSPS) is 10.4. The molecule has 1 aromatic heterocycles. The molecular weight excluding hydrogens is 252 g/mol. The summed E-state index contributed by atoms with van der Waals surface area (Å²) in [4.78, 5) is 11.3. The van der Waals surface area contributed by atoms with Gasteiger partial charge in [-0.05, 0) is 44.9 Å². The van der Waals surface area contributed by atoms with Crippen LogP contribution >= 0.6 is 0 Å². The lowest BCUT2D eigenvalue weighted by molar-refractivity contribution is 0.0696. The number of hydrogen-bond donors (Lipinski definition) is 1. The van der Waals surface area contributed by atoms with E-state index >= 15 is 0 Å². The van der Waals surface area contributed by atoms with Gasteiger partial charge in [-0.1, -0.05) is 23.8 Å². The van der Waals surface area contributed by atoms with Crippen molar-refractivity contribution in [1.82, 2.24) is 9.78 Å². The summed E-state index contributed by atoms with van der Waals surface area (Å²) in [6, 6.07) is 5.98. The number of carboxylic acid groups (broad SMARTS) is 1. The second-order valence-corrected chi connectivity index (χ2v) is 5.12. The minimum absolute atomic E-state index is 0.217. The molecule has 1 heterocycles. The Kier molecular flexibility index (Phi) is 3.74. The second-order valence-electron chi connectivity index (χ2n) is 5.12. The predicted molar refractivity (Wildman–Crippen MR) is 79.3 cm³/mol. The zero-order chi connectivity index (χ0) is 14.9. The lowest BCUT2D eigenvalue weighted by atomic mass is 10.1. The lowest BCUT2D eigenvalue weighted by Gasteiger charge is -2.12. The third kappa shape index (κ3) is 2.50. The highest BCUT2D eigenvalue weighted by atomic mass is 16.4. The second kappa shape index (κ2) is 5.33. The highest BCUT2D eigenvalue weighted by molar-refractivity contribution is 5.91. The van der Waals surface area contributed by atoms with Crippen molar-refractivity contribution in [3.63, 3.8) is 0 Å². The summed E-state index contributed by atoms with van der Waals surface area (Å²) in [5.74, 6) is -0.963. The van der Waals surface area contributed by atoms with Crippen LogP contribution in [-0.2, 0) is 0 Å². The van der Waals surface area contributed by atoms with Crippen molar-refractivity contribution in [1.29, 1.82) is 0 Å². The quantitative estimate of drug-likeness (QED) is 0.927. The van der Waals surface area contributed by atoms with E-state index in [4.69, 9.17) is 0 Å². The van der Waals surface area contributed by atoms with Gasteiger partial charge in [-0.2, -0.15) is 5.10 Å². The zero-order valence-corrected chi connectivity index (χ0v) is 12.1. The Labute approximate surface area is 118 Å². The molecule has 0 aliphatic rings. The van der Waals surface area contributed by atoms with E-state index in [1.807, 2.05) is 52.0 Å². The fourth-order valence-corrected chi connectivity index (χ4v) is 2.25. The monoisotopic (exact) mass is 270 g/mol. The standard InChI is InChI=1S/C16H18N2O2/c1-10(2)8-14-13(16(19)20)9-17-18(14)15-11(3)6-5-7-12(15)4/h5-9H,1-4H3,(H,19,20). The van der Waals surface area contributed by atoms with Gasteiger partial charge in [0.25, 0.3) is 0 Å². The molecule has 0 saturated heterocycles. The number of rotatable bonds is 3. The van der Waals surface area contributed by atoms with Crippen LogP contribution in [0.3, 0.4) is 0 Å². The van der Waals surface area contributed by atoms with Gasteiger partial charge < -0.3 is 5.11 Å². The molecule has 0 saturated carbocycles. The SMILES string of the molecule is CC(C)=Cc1c(C(=O)O)cnn1-c1c(C)cccc1C. The predicted octanol–water partition coefficient (Wildman–Crippen LogP) is 3.61. The smallest absolute Gasteiger partial charge is 0.339 e. The van der Waals surface area contributed by atoms with E-state index in [-0.39, 0.29) is 5.56 Å². The number of hydrogen-bond acceptors (Lipinski definition) is 2. The highest BCUT2D eigenvalue weighted by Gasteiger charge is 2.17. The third-order valence-corrected chi connectivity index (χ3v) is 3.11. The van der Waals surface area contributed by atoms with Crippen molar-refractivity contribution < 1.29 is 9.90 Å². The molecular formula is C16H18N2O2. The molecule has 20 heavy (non-hydrogen) atoms. The fourth-order valence-electron chi connectivity index (χ4n) is 2.25. The molecule has 4 heteroatoms. The average molecular weight is 270 g/mol. The fraction of sp³-hybridized carbons (Fsp3) is 0.250. The first-order chi connectivity index (χ1) is 9.41. The van der Waals surface area contributed by atoms with Crippen LogP contribution in [-0.4, -0.2) is 20.9 Å². The Morgan fingerprint density at radius 2 is 1.85 bits per heavy atom. The summed E-state index contributed by atoms with van der Waals surface area (Å²) in [6.45, 7) is 7.87. The van der Waals surface area contributed by atoms with Crippen molar-refractivity contribution >= 4 is 12.0 Å². The van der Waals surface area contributed by atoms with Crippen molar-refractivity contribution in [2.45, 2.75) is 27.7 Å². The molecule has 1 N–H and O–H groups in total. The Bertz CT molecular complexity index is 672. The Hall–Kier alpha value is -2.36. The summed E-state index contributed by atoms with van der Waals surface area (Å²) in [5, 5.41) is 13.6. The van der Waals surface area contributed by atoms with Crippen LogP contribution in [0.25, 0.3) is 11.8 Å². The molecule has 0 unspecified atom stereocenters. The van der Waals surface area contributed by atoms with E-state index in [0.29, 0.717) is 5.69 Å². The van der Waals surface area contributed by atoms with Gasteiger partial charge in [0.1, 0.15) is 5.56 Å². The van der Waals surface area contributed by atoms with E-state index in [9.17, 15) is 9.90 Å². The largest absolute Gasteiger partial charge is 0.478 e. The molecule has 1 aromatic carbocycles. The number of allylic oxidation sites excluding steroid dienone is 1. The number of para-hydroxylation sites is 1. The Morgan fingerprint density at radius 3 is 2.35 bits per heavy atom. The lowest BCUT2D eigenvalue weighted by Crippen LogP contribution is -2.06. The number of carbonyl (C=O) groups is 1. The number of carboxylic acids is 1. The molecule has 0 bridgehead atoms. The van der Waals surface area contributed by atoms with Crippen molar-refractivity contribution in [3.8, 4) is 5.69 Å². The first-order valence-electron chi connectivity index (χ1n) is 6.44. The molecule has 2 aromatic rings. The van der Waals surface area contributed by atoms with Gasteiger partial charge >= 0.3 is 5.97 Å². The van der Waals surface area contributed by atoms with E-state index in [1.165, 1.54) is 6.20 Å². The minimum Gasteiger partial charge on any atom is -0.478 e. The molecule has 4 nitrogen and oxygen atoms in total. The first-order valence-corrected chi connectivity index (χ1v) is 6.44. The van der Waals surface area contributed by atoms with Gasteiger partial charge in [0.15, 0.2) is 0 Å². The Morgan fingerprint density at radius 1 is 1.25 bits per heavy atom. The molecule has 0 radical (unpaired) electrons. The Balaban J connectivity index is 2.75. The van der Waals surface area contributed by atoms with E-state index in [0.717, 1.165) is 22.4 Å². The molecule has 0 fully saturated rings. The molecule has 0 aliphatic heterocycles. The van der Waals surface area contributed by atoms with Gasteiger partial charge in [-0.15, -0.1) is 0 Å². The number of aromatic carboxylic acids is 1. The number of aromatic nitrogens is 2. The van der Waals surface area contributed by atoms with Crippen molar-refractivity contribution in [3.05, 3.63) is 52.4 Å². The zero-order valence-electron chi connectivity index (χ0n) is 12.1. The topological polar surface area (TPSA) is 55.1 Å². The third-order valence-electron chi connectivity index (χ3n) is 3.11. The maximum absolute atomic E-state index is 11.3. The van der Waals surface area contributed by atoms with Gasteiger partial charge in [0.05, 0.1) is 17.6 Å². The molecule has 0 aliphatic carbocycles. The first kappa shape index (κ1) is 14.1. The van der Waals surface area contributed by atoms with Crippen LogP contribution in [0.1, 0.15) is 41.0 Å². The van der Waals surface area contributed by atoms with Gasteiger partial charge in [0.2, 0.25) is 0 Å². The molecule has 0 spiro atoms. The van der Waals surface area contributed by atoms with E-state index in [2.05, 4.69) is 5.10 Å². The summed E-state index contributed by atoms with van der Waals surface area (Å²) in [6.07, 6.45) is 3.26. The van der Waals surface area contributed by atoms with Crippen LogP contribution in [0.15, 0.2) is 30.0 Å². The van der Waals surface area contributed by atoms with Crippen LogP contribution < -0.4 is 0 Å². The molecule has 0 amide bonds. The summed E-state index contributed by atoms with van der Waals surface area (Å²) >= 11 is 0. The number of nitrogens with zero attached hydrogens (tertiary/aromatic N) is 2. The van der Waals surface area contributed by atoms with Gasteiger partial charge in [0, 0.05) is 0 Å². The summed E-state index contributed by atoms with van der Waals surface area (Å²) in [5.41, 5.74) is 4.92. The molecule has 0 atom stereocenters. The number of benzene rings is 1. The van der Waals surface area contributed by atoms with Gasteiger partial charge in [-0.25, -0.2) is 9.48 Å². The average Bonchev–Trinajstić information content (AvgIpc) is 2.72.